The number of hydrogen-bond donors (Lipinski definition) is 1. The maximum atomic E-state index is 13.3. The molecular formula is C14H19F2N. The Morgan fingerprint density at radius 2 is 1.82 bits per heavy atom. The second-order valence-electron chi connectivity index (χ2n) is 5.23. The molecule has 0 radical (unpaired) electrons. The summed E-state index contributed by atoms with van der Waals surface area (Å²) in [6.45, 7) is 5.91. The smallest absolute Gasteiger partial charge is 0.126 e. The first-order valence-corrected chi connectivity index (χ1v) is 6.23. The highest BCUT2D eigenvalue weighted by atomic mass is 19.1. The molecule has 1 aliphatic rings. The van der Waals surface area contributed by atoms with E-state index in [2.05, 4.69) is 12.2 Å². The van der Waals surface area contributed by atoms with Crippen molar-refractivity contribution in [1.29, 1.82) is 0 Å². The standard InChI is InChI=1S/C14H19F2N/c1-3-17-9-14(7-10(2)8-14)11-4-12(15)6-13(16)5-11/h4-6,10,17H,3,7-9H2,1-2H3. The van der Waals surface area contributed by atoms with Crippen molar-refractivity contribution in [2.24, 2.45) is 5.92 Å². The van der Waals surface area contributed by atoms with Crippen LogP contribution in [0.3, 0.4) is 0 Å². The summed E-state index contributed by atoms with van der Waals surface area (Å²) < 4.78 is 26.6. The molecule has 0 aromatic heterocycles. The van der Waals surface area contributed by atoms with Crippen molar-refractivity contribution in [3.63, 3.8) is 0 Å². The topological polar surface area (TPSA) is 12.0 Å². The fourth-order valence-corrected chi connectivity index (χ4v) is 2.98. The summed E-state index contributed by atoms with van der Waals surface area (Å²) in [6, 6.07) is 3.89. The second kappa shape index (κ2) is 4.73. The van der Waals surface area contributed by atoms with E-state index in [1.54, 1.807) is 0 Å². The Morgan fingerprint density at radius 1 is 1.24 bits per heavy atom. The lowest BCUT2D eigenvalue weighted by Crippen LogP contribution is -2.48. The molecule has 0 saturated heterocycles. The third-order valence-electron chi connectivity index (χ3n) is 3.67. The number of benzene rings is 1. The first-order valence-electron chi connectivity index (χ1n) is 6.23. The molecule has 1 aromatic carbocycles. The van der Waals surface area contributed by atoms with E-state index in [-0.39, 0.29) is 5.41 Å². The fourth-order valence-electron chi connectivity index (χ4n) is 2.98. The highest BCUT2D eigenvalue weighted by Gasteiger charge is 2.43. The summed E-state index contributed by atoms with van der Waals surface area (Å²) in [7, 11) is 0. The van der Waals surface area contributed by atoms with Crippen LogP contribution in [0.5, 0.6) is 0 Å². The molecule has 17 heavy (non-hydrogen) atoms. The minimum atomic E-state index is -0.476. The van der Waals surface area contributed by atoms with Crippen LogP contribution in [0.15, 0.2) is 18.2 Å². The van der Waals surface area contributed by atoms with Crippen molar-refractivity contribution in [1.82, 2.24) is 5.32 Å². The average Bonchev–Trinajstić information content (AvgIpc) is 2.21. The van der Waals surface area contributed by atoms with E-state index in [0.29, 0.717) is 5.92 Å². The highest BCUT2D eigenvalue weighted by molar-refractivity contribution is 5.30. The van der Waals surface area contributed by atoms with Crippen LogP contribution >= 0.6 is 0 Å². The molecule has 1 aromatic rings. The zero-order valence-electron chi connectivity index (χ0n) is 10.4. The van der Waals surface area contributed by atoms with E-state index in [1.165, 1.54) is 12.1 Å². The molecule has 0 amide bonds. The summed E-state index contributed by atoms with van der Waals surface area (Å²) in [5, 5.41) is 3.30. The molecule has 1 fully saturated rings. The van der Waals surface area contributed by atoms with Gasteiger partial charge in [-0.1, -0.05) is 13.8 Å². The fraction of sp³-hybridized carbons (Fsp3) is 0.571. The maximum Gasteiger partial charge on any atom is 0.126 e. The Labute approximate surface area is 101 Å². The van der Waals surface area contributed by atoms with Crippen molar-refractivity contribution >= 4 is 0 Å². The van der Waals surface area contributed by atoms with Crippen LogP contribution < -0.4 is 5.32 Å². The molecule has 1 saturated carbocycles. The monoisotopic (exact) mass is 239 g/mol. The number of halogens is 2. The molecular weight excluding hydrogens is 220 g/mol. The largest absolute Gasteiger partial charge is 0.316 e. The van der Waals surface area contributed by atoms with E-state index in [9.17, 15) is 8.78 Å². The van der Waals surface area contributed by atoms with Crippen LogP contribution in [-0.2, 0) is 5.41 Å². The van der Waals surface area contributed by atoms with Gasteiger partial charge in [-0.3, -0.25) is 0 Å². The van der Waals surface area contributed by atoms with E-state index >= 15 is 0 Å². The van der Waals surface area contributed by atoms with Gasteiger partial charge in [-0.2, -0.15) is 0 Å². The van der Waals surface area contributed by atoms with Gasteiger partial charge in [-0.25, -0.2) is 8.78 Å². The minimum absolute atomic E-state index is 0.0711. The lowest BCUT2D eigenvalue weighted by Gasteiger charge is -2.47. The van der Waals surface area contributed by atoms with Gasteiger partial charge in [-0.15, -0.1) is 0 Å². The normalized spacial score (nSPS) is 27.9. The van der Waals surface area contributed by atoms with Gasteiger partial charge in [0.1, 0.15) is 11.6 Å². The lowest BCUT2D eigenvalue weighted by atomic mass is 9.59. The number of likely N-dealkylation sites (N-methyl/N-ethyl adjacent to an activating group) is 1. The molecule has 0 heterocycles. The van der Waals surface area contributed by atoms with Crippen molar-refractivity contribution in [2.75, 3.05) is 13.1 Å². The molecule has 0 aliphatic heterocycles. The lowest BCUT2D eigenvalue weighted by molar-refractivity contribution is 0.152. The highest BCUT2D eigenvalue weighted by Crippen LogP contribution is 2.47. The molecule has 0 atom stereocenters. The van der Waals surface area contributed by atoms with Gasteiger partial charge < -0.3 is 5.32 Å². The average molecular weight is 239 g/mol. The predicted molar refractivity (Wildman–Crippen MR) is 65.0 cm³/mol. The predicted octanol–water partition coefficient (Wildman–Crippen LogP) is 3.24. The second-order valence-corrected chi connectivity index (χ2v) is 5.23. The van der Waals surface area contributed by atoms with Crippen molar-refractivity contribution < 1.29 is 8.78 Å². The van der Waals surface area contributed by atoms with Crippen LogP contribution in [-0.4, -0.2) is 13.1 Å². The molecule has 0 unspecified atom stereocenters. The maximum absolute atomic E-state index is 13.3. The van der Waals surface area contributed by atoms with Crippen molar-refractivity contribution in [2.45, 2.75) is 32.1 Å². The molecule has 1 N–H and O–H groups in total. The van der Waals surface area contributed by atoms with Crippen LogP contribution in [0, 0.1) is 17.6 Å². The molecule has 0 spiro atoms. The molecule has 0 bridgehead atoms. The first-order chi connectivity index (χ1) is 8.05. The van der Waals surface area contributed by atoms with E-state index in [1.807, 2.05) is 6.92 Å². The summed E-state index contributed by atoms with van der Waals surface area (Å²) in [5.41, 5.74) is 0.729. The van der Waals surface area contributed by atoms with E-state index < -0.39 is 11.6 Å². The molecule has 3 heteroatoms. The number of rotatable bonds is 4. The van der Waals surface area contributed by atoms with Gasteiger partial charge in [0.2, 0.25) is 0 Å². The van der Waals surface area contributed by atoms with Gasteiger partial charge in [0.15, 0.2) is 0 Å². The van der Waals surface area contributed by atoms with Gasteiger partial charge in [-0.05, 0) is 43.0 Å². The van der Waals surface area contributed by atoms with E-state index in [4.69, 9.17) is 0 Å². The Bertz CT molecular complexity index is 377. The van der Waals surface area contributed by atoms with Crippen LogP contribution in [0.4, 0.5) is 8.78 Å². The summed E-state index contributed by atoms with van der Waals surface area (Å²) in [4.78, 5) is 0. The minimum Gasteiger partial charge on any atom is -0.316 e. The third-order valence-corrected chi connectivity index (χ3v) is 3.67. The quantitative estimate of drug-likeness (QED) is 0.850. The molecule has 2 rings (SSSR count). The van der Waals surface area contributed by atoms with Crippen molar-refractivity contribution in [3.8, 4) is 0 Å². The molecule has 1 nitrogen and oxygen atoms in total. The van der Waals surface area contributed by atoms with Crippen molar-refractivity contribution in [3.05, 3.63) is 35.4 Å². The SMILES string of the molecule is CCNCC1(c2cc(F)cc(F)c2)CC(C)C1. The Balaban J connectivity index is 2.26. The summed E-state index contributed by atoms with van der Waals surface area (Å²) in [6.07, 6.45) is 2.01. The zero-order chi connectivity index (χ0) is 12.5. The Kier molecular flexibility index (Phi) is 3.48. The van der Waals surface area contributed by atoms with Crippen LogP contribution in [0.25, 0.3) is 0 Å². The molecule has 94 valence electrons. The zero-order valence-corrected chi connectivity index (χ0v) is 10.4. The van der Waals surface area contributed by atoms with Crippen LogP contribution in [0.2, 0.25) is 0 Å². The third kappa shape index (κ3) is 2.49. The van der Waals surface area contributed by atoms with Gasteiger partial charge in [0.25, 0.3) is 0 Å². The van der Waals surface area contributed by atoms with Gasteiger partial charge >= 0.3 is 0 Å². The van der Waals surface area contributed by atoms with Gasteiger partial charge in [0.05, 0.1) is 0 Å². The summed E-state index contributed by atoms with van der Waals surface area (Å²) in [5.74, 6) is -0.314. The van der Waals surface area contributed by atoms with Crippen LogP contribution in [0.1, 0.15) is 32.3 Å². The first kappa shape index (κ1) is 12.5. The summed E-state index contributed by atoms with van der Waals surface area (Å²) >= 11 is 0. The number of nitrogens with one attached hydrogen (secondary N) is 1. The molecule has 1 aliphatic carbocycles. The Hall–Kier alpha value is -0.960. The Morgan fingerprint density at radius 3 is 2.29 bits per heavy atom. The van der Waals surface area contributed by atoms with E-state index in [0.717, 1.165) is 37.6 Å². The number of hydrogen-bond acceptors (Lipinski definition) is 1. The van der Waals surface area contributed by atoms with Gasteiger partial charge in [0, 0.05) is 18.0 Å².